The van der Waals surface area contributed by atoms with Crippen LogP contribution in [0.25, 0.3) is 0 Å². The van der Waals surface area contributed by atoms with E-state index in [1.54, 1.807) is 41.3 Å². The number of methoxy groups -OCH3 is 1. The van der Waals surface area contributed by atoms with Gasteiger partial charge in [-0.15, -0.1) is 0 Å². The highest BCUT2D eigenvalue weighted by molar-refractivity contribution is 7.92. The van der Waals surface area contributed by atoms with Gasteiger partial charge in [-0.05, 0) is 54.6 Å². The summed E-state index contributed by atoms with van der Waals surface area (Å²) in [4.78, 5) is 17.0. The topological polar surface area (TPSA) is 78.9 Å². The number of nitrogens with zero attached hydrogens (tertiary/aromatic N) is 2. The molecule has 1 fully saturated rings. The molecule has 0 radical (unpaired) electrons. The van der Waals surface area contributed by atoms with Crippen molar-refractivity contribution in [2.75, 3.05) is 42.9 Å². The summed E-state index contributed by atoms with van der Waals surface area (Å²) < 4.78 is 33.6. The summed E-state index contributed by atoms with van der Waals surface area (Å²) in [5.74, 6) is 0.215. The Morgan fingerprint density at radius 3 is 2.33 bits per heavy atom. The summed E-state index contributed by atoms with van der Waals surface area (Å²) >= 11 is 5.96. The second-order valence-electron chi connectivity index (χ2n) is 7.59. The van der Waals surface area contributed by atoms with E-state index in [1.807, 2.05) is 24.3 Å². The fourth-order valence-corrected chi connectivity index (χ4v) is 4.97. The van der Waals surface area contributed by atoms with Gasteiger partial charge in [0.1, 0.15) is 5.75 Å². The van der Waals surface area contributed by atoms with Crippen molar-refractivity contribution in [2.24, 2.45) is 0 Å². The molecular formula is C24H24ClN3O4S. The van der Waals surface area contributed by atoms with E-state index in [0.717, 1.165) is 5.69 Å². The zero-order valence-electron chi connectivity index (χ0n) is 18.1. The van der Waals surface area contributed by atoms with Crippen molar-refractivity contribution >= 4 is 38.9 Å². The Kier molecular flexibility index (Phi) is 6.76. The molecule has 0 bridgehead atoms. The Bertz CT molecular complexity index is 1240. The molecule has 0 aliphatic carbocycles. The summed E-state index contributed by atoms with van der Waals surface area (Å²) in [7, 11) is -2.43. The molecule has 0 spiro atoms. The molecule has 4 rings (SSSR count). The number of benzene rings is 3. The van der Waals surface area contributed by atoms with E-state index in [1.165, 1.54) is 19.2 Å². The molecule has 1 N–H and O–H groups in total. The highest BCUT2D eigenvalue weighted by atomic mass is 35.5. The summed E-state index contributed by atoms with van der Waals surface area (Å²) in [5.41, 5.74) is 1.72. The SMILES string of the molecule is COc1ccccc1NS(=O)(=O)c1cccc(C(=O)N2CCN(c3ccc(Cl)cc3)CC2)c1. The monoisotopic (exact) mass is 485 g/mol. The Morgan fingerprint density at radius 1 is 0.939 bits per heavy atom. The smallest absolute Gasteiger partial charge is 0.262 e. The molecule has 9 heteroatoms. The van der Waals surface area contributed by atoms with Gasteiger partial charge < -0.3 is 14.5 Å². The zero-order valence-corrected chi connectivity index (χ0v) is 19.6. The molecular weight excluding hydrogens is 462 g/mol. The molecule has 0 atom stereocenters. The molecule has 3 aromatic rings. The molecule has 1 aliphatic rings. The zero-order chi connectivity index (χ0) is 23.4. The van der Waals surface area contributed by atoms with Gasteiger partial charge in [-0.25, -0.2) is 8.42 Å². The molecule has 1 saturated heterocycles. The number of piperazine rings is 1. The van der Waals surface area contributed by atoms with Gasteiger partial charge >= 0.3 is 0 Å². The first-order chi connectivity index (χ1) is 15.9. The van der Waals surface area contributed by atoms with Crippen LogP contribution in [0.5, 0.6) is 5.75 Å². The van der Waals surface area contributed by atoms with Gasteiger partial charge in [0, 0.05) is 42.5 Å². The third-order valence-electron chi connectivity index (χ3n) is 5.50. The third kappa shape index (κ3) is 5.23. The number of halogens is 1. The first-order valence-electron chi connectivity index (χ1n) is 10.4. The van der Waals surface area contributed by atoms with Crippen molar-refractivity contribution in [3.05, 3.63) is 83.4 Å². The van der Waals surface area contributed by atoms with Gasteiger partial charge in [-0.1, -0.05) is 29.8 Å². The van der Waals surface area contributed by atoms with Gasteiger partial charge in [-0.3, -0.25) is 9.52 Å². The van der Waals surface area contributed by atoms with E-state index in [4.69, 9.17) is 16.3 Å². The second kappa shape index (κ2) is 9.72. The number of sulfonamides is 1. The predicted octanol–water partition coefficient (Wildman–Crippen LogP) is 4.11. The number of hydrogen-bond acceptors (Lipinski definition) is 5. The van der Waals surface area contributed by atoms with Crippen LogP contribution in [0.3, 0.4) is 0 Å². The van der Waals surface area contributed by atoms with Crippen LogP contribution in [0.15, 0.2) is 77.7 Å². The summed E-state index contributed by atoms with van der Waals surface area (Å²) in [6, 6.07) is 20.5. The van der Waals surface area contributed by atoms with Crippen molar-refractivity contribution in [3.63, 3.8) is 0 Å². The third-order valence-corrected chi connectivity index (χ3v) is 7.12. The van der Waals surface area contributed by atoms with Crippen molar-refractivity contribution < 1.29 is 17.9 Å². The number of rotatable bonds is 6. The number of anilines is 2. The molecule has 0 unspecified atom stereocenters. The van der Waals surface area contributed by atoms with Gasteiger partial charge in [0.25, 0.3) is 15.9 Å². The van der Waals surface area contributed by atoms with Gasteiger partial charge in [0.2, 0.25) is 0 Å². The lowest BCUT2D eigenvalue weighted by Crippen LogP contribution is -2.48. The largest absolute Gasteiger partial charge is 0.495 e. The second-order valence-corrected chi connectivity index (χ2v) is 9.71. The molecule has 1 amide bonds. The molecule has 0 aromatic heterocycles. The van der Waals surface area contributed by atoms with Crippen LogP contribution >= 0.6 is 11.6 Å². The number of para-hydroxylation sites is 2. The van der Waals surface area contributed by atoms with E-state index < -0.39 is 10.0 Å². The maximum atomic E-state index is 13.1. The standard InChI is InChI=1S/C24H24ClN3O4S/c1-32-23-8-3-2-7-22(23)26-33(30,31)21-6-4-5-18(17-21)24(29)28-15-13-27(14-16-28)20-11-9-19(25)10-12-20/h2-12,17,26H,13-16H2,1H3. The normalized spacial score (nSPS) is 14.1. The molecule has 3 aromatic carbocycles. The maximum absolute atomic E-state index is 13.1. The van der Waals surface area contributed by atoms with Crippen LogP contribution in [0, 0.1) is 0 Å². The first kappa shape index (κ1) is 22.9. The maximum Gasteiger partial charge on any atom is 0.262 e. The molecule has 0 saturated carbocycles. The van der Waals surface area contributed by atoms with E-state index in [-0.39, 0.29) is 10.8 Å². The van der Waals surface area contributed by atoms with Gasteiger partial charge in [-0.2, -0.15) is 0 Å². The molecule has 1 heterocycles. The summed E-state index contributed by atoms with van der Waals surface area (Å²) in [6.45, 7) is 2.44. The summed E-state index contributed by atoms with van der Waals surface area (Å²) in [5, 5.41) is 0.683. The van der Waals surface area contributed by atoms with Crippen LogP contribution < -0.4 is 14.4 Å². The Morgan fingerprint density at radius 2 is 1.64 bits per heavy atom. The minimum absolute atomic E-state index is 0.0130. The van der Waals surface area contributed by atoms with Crippen molar-refractivity contribution in [1.29, 1.82) is 0 Å². The van der Waals surface area contributed by atoms with E-state index in [2.05, 4.69) is 9.62 Å². The number of amides is 1. The minimum Gasteiger partial charge on any atom is -0.495 e. The molecule has 7 nitrogen and oxygen atoms in total. The van der Waals surface area contributed by atoms with E-state index in [0.29, 0.717) is 48.2 Å². The number of carbonyl (C=O) groups excluding carboxylic acids is 1. The first-order valence-corrected chi connectivity index (χ1v) is 12.3. The van der Waals surface area contributed by atoms with Gasteiger partial charge in [0.05, 0.1) is 17.7 Å². The Labute approximate surface area is 198 Å². The Balaban J connectivity index is 1.46. The van der Waals surface area contributed by atoms with Crippen LogP contribution in [-0.2, 0) is 10.0 Å². The average Bonchev–Trinajstić information content (AvgIpc) is 2.84. The van der Waals surface area contributed by atoms with Crippen LogP contribution in [0.4, 0.5) is 11.4 Å². The number of nitrogens with one attached hydrogen (secondary N) is 1. The van der Waals surface area contributed by atoms with Gasteiger partial charge in [0.15, 0.2) is 0 Å². The number of hydrogen-bond donors (Lipinski definition) is 1. The lowest BCUT2D eigenvalue weighted by molar-refractivity contribution is 0.0746. The van der Waals surface area contributed by atoms with Crippen LogP contribution in [0.1, 0.15) is 10.4 Å². The lowest BCUT2D eigenvalue weighted by atomic mass is 10.1. The van der Waals surface area contributed by atoms with Crippen molar-refractivity contribution in [3.8, 4) is 5.75 Å². The quantitative estimate of drug-likeness (QED) is 0.568. The van der Waals surface area contributed by atoms with Crippen molar-refractivity contribution in [2.45, 2.75) is 4.90 Å². The average molecular weight is 486 g/mol. The highest BCUT2D eigenvalue weighted by Gasteiger charge is 2.24. The number of ether oxygens (including phenoxy) is 1. The molecule has 33 heavy (non-hydrogen) atoms. The number of carbonyl (C=O) groups is 1. The lowest BCUT2D eigenvalue weighted by Gasteiger charge is -2.36. The fourth-order valence-electron chi connectivity index (χ4n) is 3.73. The van der Waals surface area contributed by atoms with Crippen molar-refractivity contribution in [1.82, 2.24) is 4.90 Å². The Hall–Kier alpha value is -3.23. The van der Waals surface area contributed by atoms with Crippen LogP contribution in [0.2, 0.25) is 5.02 Å². The van der Waals surface area contributed by atoms with E-state index >= 15 is 0 Å². The minimum atomic E-state index is -3.90. The van der Waals surface area contributed by atoms with Crippen LogP contribution in [-0.4, -0.2) is 52.5 Å². The predicted molar refractivity (Wildman–Crippen MR) is 130 cm³/mol. The van der Waals surface area contributed by atoms with E-state index in [9.17, 15) is 13.2 Å². The highest BCUT2D eigenvalue weighted by Crippen LogP contribution is 2.27. The molecule has 1 aliphatic heterocycles. The summed E-state index contributed by atoms with van der Waals surface area (Å²) in [6.07, 6.45) is 0. The molecule has 172 valence electrons. The fraction of sp³-hybridized carbons (Fsp3) is 0.208.